The third-order valence-electron chi connectivity index (χ3n) is 11.8. The van der Waals surface area contributed by atoms with Crippen molar-refractivity contribution in [3.8, 4) is 0 Å². The Morgan fingerprint density at radius 3 is 1.14 bits per heavy atom. The van der Waals surface area contributed by atoms with E-state index < -0.39 is 0 Å². The van der Waals surface area contributed by atoms with Crippen LogP contribution in [0.4, 0.5) is 34.1 Å². The van der Waals surface area contributed by atoms with E-state index in [2.05, 4.69) is 207 Å². The molecule has 0 saturated carbocycles. The molecule has 58 heavy (non-hydrogen) atoms. The lowest BCUT2D eigenvalue weighted by Gasteiger charge is -2.26. The highest BCUT2D eigenvalue weighted by Gasteiger charge is 2.23. The SMILES string of the molecule is Cc1cccc(N(c2ccccc2)c2ccc3cc4c(cc3c2)oc2c(C)c(C)c3oc5cc6cc(N(c7ccccc7)c7cccc(C)c7)ccc6cc5c3c24)c1. The Morgan fingerprint density at radius 2 is 0.724 bits per heavy atom. The van der Waals surface area contributed by atoms with Gasteiger partial charge in [-0.1, -0.05) is 72.8 Å². The van der Waals surface area contributed by atoms with Crippen LogP contribution in [0.5, 0.6) is 0 Å². The molecular formula is C54H40N2O2. The number of benzene rings is 9. The van der Waals surface area contributed by atoms with Crippen molar-refractivity contribution in [1.82, 2.24) is 0 Å². The van der Waals surface area contributed by atoms with E-state index in [1.807, 2.05) is 0 Å². The summed E-state index contributed by atoms with van der Waals surface area (Å²) in [6, 6.07) is 60.9. The molecule has 9 aromatic carbocycles. The van der Waals surface area contributed by atoms with E-state index >= 15 is 0 Å². The molecule has 0 radical (unpaired) electrons. The molecule has 0 aliphatic carbocycles. The summed E-state index contributed by atoms with van der Waals surface area (Å²) < 4.78 is 13.7. The van der Waals surface area contributed by atoms with Crippen molar-refractivity contribution in [3.63, 3.8) is 0 Å². The number of hydrogen-bond acceptors (Lipinski definition) is 4. The third-order valence-corrected chi connectivity index (χ3v) is 11.8. The standard InChI is InChI=1S/C54H40N2O2/c1-33-13-11-19-43(25-33)55(41-15-7-5-8-16-41)45-23-21-37-29-47-49(31-39(37)27-45)57-53-35(3)36(4)54-52(51(47)53)48-30-38-22-24-46(28-40(38)32-50(48)58-54)56(42-17-9-6-10-18-42)44-20-12-14-34(2)26-44/h5-32H,1-4H3. The molecule has 11 rings (SSSR count). The Morgan fingerprint density at radius 1 is 0.328 bits per heavy atom. The van der Waals surface area contributed by atoms with Crippen LogP contribution in [0.1, 0.15) is 22.3 Å². The fraction of sp³-hybridized carbons (Fsp3) is 0.0741. The molecule has 11 aromatic rings. The van der Waals surface area contributed by atoms with Crippen LogP contribution in [0.3, 0.4) is 0 Å². The zero-order valence-electron chi connectivity index (χ0n) is 32.9. The first kappa shape index (κ1) is 34.0. The number of hydrogen-bond donors (Lipinski definition) is 0. The summed E-state index contributed by atoms with van der Waals surface area (Å²) in [4.78, 5) is 4.64. The van der Waals surface area contributed by atoms with E-state index in [-0.39, 0.29) is 0 Å². The van der Waals surface area contributed by atoms with Crippen LogP contribution < -0.4 is 9.80 Å². The molecule has 278 valence electrons. The average Bonchev–Trinajstić information content (AvgIpc) is 3.80. The number of fused-ring (bicyclic) bond motifs is 9. The Bertz CT molecular complexity index is 3170. The highest BCUT2D eigenvalue weighted by atomic mass is 16.3. The van der Waals surface area contributed by atoms with Crippen molar-refractivity contribution >= 4 is 99.5 Å². The fourth-order valence-electron chi connectivity index (χ4n) is 8.88. The van der Waals surface area contributed by atoms with Crippen molar-refractivity contribution in [2.75, 3.05) is 9.80 Å². The number of aryl methyl sites for hydroxylation is 4. The van der Waals surface area contributed by atoms with Crippen molar-refractivity contribution < 1.29 is 8.83 Å². The van der Waals surface area contributed by atoms with Gasteiger partial charge in [-0.05, 0) is 169 Å². The lowest BCUT2D eigenvalue weighted by Crippen LogP contribution is -2.09. The molecule has 0 saturated heterocycles. The lowest BCUT2D eigenvalue weighted by molar-refractivity contribution is 0.657. The minimum atomic E-state index is 0.869. The Hall–Kier alpha value is -7.30. The molecule has 4 nitrogen and oxygen atoms in total. The first-order valence-electron chi connectivity index (χ1n) is 19.9. The van der Waals surface area contributed by atoms with Gasteiger partial charge in [0.2, 0.25) is 0 Å². The van der Waals surface area contributed by atoms with Gasteiger partial charge < -0.3 is 18.6 Å². The maximum Gasteiger partial charge on any atom is 0.139 e. The molecule has 0 aliphatic heterocycles. The van der Waals surface area contributed by atoms with Gasteiger partial charge >= 0.3 is 0 Å². The molecule has 0 amide bonds. The maximum atomic E-state index is 6.85. The third kappa shape index (κ3) is 5.44. The van der Waals surface area contributed by atoms with Crippen LogP contribution in [-0.4, -0.2) is 0 Å². The van der Waals surface area contributed by atoms with Gasteiger partial charge in [0, 0.05) is 55.7 Å². The number of anilines is 6. The Balaban J connectivity index is 1.08. The van der Waals surface area contributed by atoms with E-state index in [0.29, 0.717) is 0 Å². The van der Waals surface area contributed by atoms with Crippen LogP contribution in [0.15, 0.2) is 179 Å². The number of rotatable bonds is 6. The maximum absolute atomic E-state index is 6.85. The zero-order chi connectivity index (χ0) is 39.1. The molecule has 2 heterocycles. The van der Waals surface area contributed by atoms with Crippen LogP contribution in [0, 0.1) is 27.7 Å². The van der Waals surface area contributed by atoms with Crippen molar-refractivity contribution in [2.45, 2.75) is 27.7 Å². The van der Waals surface area contributed by atoms with Crippen molar-refractivity contribution in [1.29, 1.82) is 0 Å². The van der Waals surface area contributed by atoms with Crippen molar-refractivity contribution in [2.24, 2.45) is 0 Å². The van der Waals surface area contributed by atoms with Crippen LogP contribution >= 0.6 is 0 Å². The number of para-hydroxylation sites is 2. The van der Waals surface area contributed by atoms with Crippen LogP contribution in [0.25, 0.3) is 65.4 Å². The Labute approximate surface area is 336 Å². The highest BCUT2D eigenvalue weighted by molar-refractivity contribution is 6.29. The van der Waals surface area contributed by atoms with E-state index in [1.165, 1.54) is 11.1 Å². The minimum absolute atomic E-state index is 0.869. The summed E-state index contributed by atoms with van der Waals surface area (Å²) in [6.07, 6.45) is 0. The predicted molar refractivity (Wildman–Crippen MR) is 244 cm³/mol. The van der Waals surface area contributed by atoms with Gasteiger partial charge in [0.1, 0.15) is 22.3 Å². The molecule has 0 aliphatic rings. The summed E-state index contributed by atoms with van der Waals surface area (Å²) in [6.45, 7) is 8.58. The lowest BCUT2D eigenvalue weighted by atomic mass is 9.96. The number of furan rings is 2. The molecule has 4 heteroatoms. The fourth-order valence-corrected chi connectivity index (χ4v) is 8.88. The van der Waals surface area contributed by atoms with Crippen LogP contribution in [0.2, 0.25) is 0 Å². The second-order valence-corrected chi connectivity index (χ2v) is 15.6. The summed E-state index contributed by atoms with van der Waals surface area (Å²) in [5.41, 5.74) is 14.9. The average molecular weight is 749 g/mol. The van der Waals surface area contributed by atoms with Gasteiger partial charge in [0.15, 0.2) is 0 Å². The molecule has 0 unspecified atom stereocenters. The van der Waals surface area contributed by atoms with Gasteiger partial charge in [-0.2, -0.15) is 0 Å². The normalized spacial score (nSPS) is 11.8. The summed E-state index contributed by atoms with van der Waals surface area (Å²) in [5.74, 6) is 0. The smallest absolute Gasteiger partial charge is 0.139 e. The molecule has 0 spiro atoms. The number of nitrogens with zero attached hydrogens (tertiary/aromatic N) is 2. The predicted octanol–water partition coefficient (Wildman–Crippen LogP) is 16.0. The topological polar surface area (TPSA) is 32.8 Å². The van der Waals surface area contributed by atoms with E-state index in [1.54, 1.807) is 0 Å². The van der Waals surface area contributed by atoms with Gasteiger partial charge in [0.05, 0.1) is 0 Å². The minimum Gasteiger partial charge on any atom is -0.456 e. The highest BCUT2D eigenvalue weighted by Crippen LogP contribution is 2.46. The van der Waals surface area contributed by atoms with Gasteiger partial charge in [-0.25, -0.2) is 0 Å². The Kier molecular flexibility index (Phi) is 7.70. The van der Waals surface area contributed by atoms with Gasteiger partial charge in [-0.3, -0.25) is 0 Å². The quantitative estimate of drug-likeness (QED) is 0.170. The molecule has 0 fully saturated rings. The molecule has 0 N–H and O–H groups in total. The molecule has 2 aromatic heterocycles. The largest absolute Gasteiger partial charge is 0.456 e. The van der Waals surface area contributed by atoms with Crippen molar-refractivity contribution in [3.05, 3.63) is 192 Å². The van der Waals surface area contributed by atoms with Gasteiger partial charge in [0.25, 0.3) is 0 Å². The van der Waals surface area contributed by atoms with E-state index in [9.17, 15) is 0 Å². The molecule has 0 bridgehead atoms. The second kappa shape index (κ2) is 13.1. The van der Waals surface area contributed by atoms with E-state index in [4.69, 9.17) is 8.83 Å². The molecular weight excluding hydrogens is 709 g/mol. The first-order chi connectivity index (χ1) is 28.4. The monoisotopic (exact) mass is 748 g/mol. The van der Waals surface area contributed by atoms with Gasteiger partial charge in [-0.15, -0.1) is 0 Å². The second-order valence-electron chi connectivity index (χ2n) is 15.6. The zero-order valence-corrected chi connectivity index (χ0v) is 32.9. The molecule has 0 atom stereocenters. The summed E-state index contributed by atoms with van der Waals surface area (Å²) in [7, 11) is 0. The summed E-state index contributed by atoms with van der Waals surface area (Å²) in [5, 5.41) is 8.96. The summed E-state index contributed by atoms with van der Waals surface area (Å²) >= 11 is 0. The van der Waals surface area contributed by atoms with E-state index in [0.717, 1.165) is 111 Å². The van der Waals surface area contributed by atoms with Crippen LogP contribution in [-0.2, 0) is 0 Å². The first-order valence-corrected chi connectivity index (χ1v) is 19.9.